The molecule has 10 nitrogen and oxygen atoms in total. The summed E-state index contributed by atoms with van der Waals surface area (Å²) in [6.45, 7) is 0.188. The SMILES string of the molecule is NCCCCC(N)C(=O)NCC(=O)N1CCCC1C(=O)NCC(=O)O. The number of nitrogens with one attached hydrogen (secondary N) is 2. The van der Waals surface area contributed by atoms with E-state index >= 15 is 0 Å². The molecule has 3 amide bonds. The summed E-state index contributed by atoms with van der Waals surface area (Å²) in [7, 11) is 0. The van der Waals surface area contributed by atoms with Gasteiger partial charge in [0.15, 0.2) is 0 Å². The average Bonchev–Trinajstić information content (AvgIpc) is 3.07. The third-order valence-electron chi connectivity index (χ3n) is 4.01. The maximum Gasteiger partial charge on any atom is 0.322 e. The number of hydrogen-bond acceptors (Lipinski definition) is 6. The molecule has 2 atom stereocenters. The molecule has 1 fully saturated rings. The zero-order valence-electron chi connectivity index (χ0n) is 14.2. The van der Waals surface area contributed by atoms with Crippen LogP contribution in [-0.2, 0) is 19.2 Å². The molecule has 0 spiro atoms. The fourth-order valence-electron chi connectivity index (χ4n) is 2.65. The van der Waals surface area contributed by atoms with Gasteiger partial charge in [0.05, 0.1) is 12.6 Å². The van der Waals surface area contributed by atoms with Crippen molar-refractivity contribution in [2.45, 2.75) is 44.2 Å². The van der Waals surface area contributed by atoms with Crippen LogP contribution in [0.4, 0.5) is 0 Å². The van der Waals surface area contributed by atoms with E-state index in [9.17, 15) is 19.2 Å². The van der Waals surface area contributed by atoms with Crippen LogP contribution in [0.3, 0.4) is 0 Å². The van der Waals surface area contributed by atoms with Crippen LogP contribution in [0, 0.1) is 0 Å². The lowest BCUT2D eigenvalue weighted by Crippen LogP contribution is -2.51. The number of carboxylic acid groups (broad SMARTS) is 1. The Bertz CT molecular complexity index is 499. The first-order chi connectivity index (χ1) is 11.9. The summed E-state index contributed by atoms with van der Waals surface area (Å²) in [5, 5.41) is 13.3. The third kappa shape index (κ3) is 7.06. The molecule has 0 saturated carbocycles. The van der Waals surface area contributed by atoms with Gasteiger partial charge in [-0.1, -0.05) is 6.42 Å². The van der Waals surface area contributed by atoms with Gasteiger partial charge in [0, 0.05) is 6.54 Å². The van der Waals surface area contributed by atoms with E-state index in [1.807, 2.05) is 0 Å². The Morgan fingerprint density at radius 3 is 2.52 bits per heavy atom. The van der Waals surface area contributed by atoms with E-state index in [0.717, 1.165) is 12.8 Å². The summed E-state index contributed by atoms with van der Waals surface area (Å²) < 4.78 is 0. The summed E-state index contributed by atoms with van der Waals surface area (Å²) in [4.78, 5) is 47.9. The van der Waals surface area contributed by atoms with Crippen LogP contribution < -0.4 is 22.1 Å². The van der Waals surface area contributed by atoms with Gasteiger partial charge in [-0.3, -0.25) is 19.2 Å². The number of rotatable bonds is 10. The molecule has 1 heterocycles. The molecule has 0 aromatic rings. The van der Waals surface area contributed by atoms with Crippen molar-refractivity contribution < 1.29 is 24.3 Å². The van der Waals surface area contributed by atoms with Crippen molar-refractivity contribution in [1.29, 1.82) is 0 Å². The van der Waals surface area contributed by atoms with Crippen molar-refractivity contribution in [2.75, 3.05) is 26.2 Å². The second kappa shape index (κ2) is 10.6. The second-order valence-electron chi connectivity index (χ2n) is 5.97. The van der Waals surface area contributed by atoms with Gasteiger partial charge in [0.1, 0.15) is 12.6 Å². The number of carboxylic acids is 1. The molecule has 0 aromatic carbocycles. The minimum Gasteiger partial charge on any atom is -0.480 e. The standard InChI is InChI=1S/C15H27N5O5/c16-6-2-1-4-10(17)14(24)18-8-12(21)20-7-3-5-11(20)15(25)19-9-13(22)23/h10-11H,1-9,16-17H2,(H,18,24)(H,19,25)(H,22,23). The van der Waals surface area contributed by atoms with Gasteiger partial charge in [0.2, 0.25) is 17.7 Å². The van der Waals surface area contributed by atoms with Crippen LogP contribution in [0.2, 0.25) is 0 Å². The van der Waals surface area contributed by atoms with E-state index in [1.165, 1.54) is 4.90 Å². The molecule has 1 saturated heterocycles. The van der Waals surface area contributed by atoms with Crippen LogP contribution in [0.5, 0.6) is 0 Å². The molecule has 142 valence electrons. The highest BCUT2D eigenvalue weighted by Crippen LogP contribution is 2.17. The Balaban J connectivity index is 2.43. The molecule has 7 N–H and O–H groups in total. The summed E-state index contributed by atoms with van der Waals surface area (Å²) in [6.07, 6.45) is 3.10. The van der Waals surface area contributed by atoms with Crippen LogP contribution in [0.1, 0.15) is 32.1 Å². The molecule has 0 aliphatic carbocycles. The molecule has 25 heavy (non-hydrogen) atoms. The van der Waals surface area contributed by atoms with Crippen molar-refractivity contribution in [3.63, 3.8) is 0 Å². The summed E-state index contributed by atoms with van der Waals surface area (Å²) in [6, 6.07) is -1.41. The first kappa shape index (κ1) is 20.8. The number of aliphatic carboxylic acids is 1. The first-order valence-electron chi connectivity index (χ1n) is 8.39. The lowest BCUT2D eigenvalue weighted by Gasteiger charge is -2.24. The molecular weight excluding hydrogens is 330 g/mol. The van der Waals surface area contributed by atoms with Crippen molar-refractivity contribution in [3.8, 4) is 0 Å². The highest BCUT2D eigenvalue weighted by Gasteiger charge is 2.34. The predicted molar refractivity (Wildman–Crippen MR) is 89.3 cm³/mol. The van der Waals surface area contributed by atoms with Crippen LogP contribution >= 0.6 is 0 Å². The number of nitrogens with zero attached hydrogens (tertiary/aromatic N) is 1. The number of nitrogens with two attached hydrogens (primary N) is 2. The van der Waals surface area contributed by atoms with E-state index < -0.39 is 42.3 Å². The van der Waals surface area contributed by atoms with Gasteiger partial charge >= 0.3 is 5.97 Å². The number of amides is 3. The van der Waals surface area contributed by atoms with E-state index in [1.54, 1.807) is 0 Å². The molecule has 1 rings (SSSR count). The topological polar surface area (TPSA) is 168 Å². The maximum absolute atomic E-state index is 12.2. The third-order valence-corrected chi connectivity index (χ3v) is 4.01. The fourth-order valence-corrected chi connectivity index (χ4v) is 2.65. The van der Waals surface area contributed by atoms with E-state index in [2.05, 4.69) is 10.6 Å². The Morgan fingerprint density at radius 2 is 1.88 bits per heavy atom. The van der Waals surface area contributed by atoms with Gasteiger partial charge in [-0.25, -0.2) is 0 Å². The van der Waals surface area contributed by atoms with Crippen LogP contribution in [0.25, 0.3) is 0 Å². The normalized spacial score (nSPS) is 17.8. The minimum absolute atomic E-state index is 0.244. The highest BCUT2D eigenvalue weighted by molar-refractivity contribution is 5.92. The van der Waals surface area contributed by atoms with Crippen molar-refractivity contribution in [3.05, 3.63) is 0 Å². The molecule has 0 bridgehead atoms. The highest BCUT2D eigenvalue weighted by atomic mass is 16.4. The minimum atomic E-state index is -1.15. The number of carbonyl (C=O) groups is 4. The maximum atomic E-state index is 12.2. The second-order valence-corrected chi connectivity index (χ2v) is 5.97. The summed E-state index contributed by atoms with van der Waals surface area (Å²) in [5.41, 5.74) is 11.1. The van der Waals surface area contributed by atoms with Crippen molar-refractivity contribution in [2.24, 2.45) is 11.5 Å². The Morgan fingerprint density at radius 1 is 1.16 bits per heavy atom. The molecule has 10 heteroatoms. The molecule has 0 aromatic heterocycles. The van der Waals surface area contributed by atoms with E-state index in [0.29, 0.717) is 32.4 Å². The molecular formula is C15H27N5O5. The smallest absolute Gasteiger partial charge is 0.322 e. The largest absolute Gasteiger partial charge is 0.480 e. The molecule has 1 aliphatic heterocycles. The monoisotopic (exact) mass is 357 g/mol. The zero-order chi connectivity index (χ0) is 18.8. The average molecular weight is 357 g/mol. The summed E-state index contributed by atoms with van der Waals surface area (Å²) >= 11 is 0. The van der Waals surface area contributed by atoms with Crippen molar-refractivity contribution in [1.82, 2.24) is 15.5 Å². The van der Waals surface area contributed by atoms with Crippen molar-refractivity contribution >= 4 is 23.7 Å². The molecule has 1 aliphatic rings. The van der Waals surface area contributed by atoms with Gasteiger partial charge in [-0.05, 0) is 32.2 Å². The Hall–Kier alpha value is -2.20. The molecule has 2 unspecified atom stereocenters. The van der Waals surface area contributed by atoms with Crippen LogP contribution in [0.15, 0.2) is 0 Å². The Kier molecular flexibility index (Phi) is 8.86. The van der Waals surface area contributed by atoms with Gasteiger partial charge in [-0.15, -0.1) is 0 Å². The van der Waals surface area contributed by atoms with Gasteiger partial charge < -0.3 is 32.1 Å². The van der Waals surface area contributed by atoms with Gasteiger partial charge in [-0.2, -0.15) is 0 Å². The zero-order valence-corrected chi connectivity index (χ0v) is 14.2. The van der Waals surface area contributed by atoms with Gasteiger partial charge in [0.25, 0.3) is 0 Å². The first-order valence-corrected chi connectivity index (χ1v) is 8.39. The number of unbranched alkanes of at least 4 members (excludes halogenated alkanes) is 1. The number of carbonyl (C=O) groups excluding carboxylic acids is 3. The number of likely N-dealkylation sites (tertiary alicyclic amines) is 1. The molecule has 0 radical (unpaired) electrons. The van der Waals surface area contributed by atoms with Crippen LogP contribution in [-0.4, -0.2) is 72.0 Å². The fraction of sp³-hybridized carbons (Fsp3) is 0.733. The van der Waals surface area contributed by atoms with E-state index in [4.69, 9.17) is 16.6 Å². The Labute approximate surface area is 146 Å². The summed E-state index contributed by atoms with van der Waals surface area (Å²) in [5.74, 6) is -2.47. The quantitative estimate of drug-likeness (QED) is 0.275. The lowest BCUT2D eigenvalue weighted by atomic mass is 10.1. The number of hydrogen-bond donors (Lipinski definition) is 5. The predicted octanol–water partition coefficient (Wildman–Crippen LogP) is -2.25. The lowest BCUT2D eigenvalue weighted by molar-refractivity contribution is -0.141. The van der Waals surface area contributed by atoms with E-state index in [-0.39, 0.29) is 6.54 Å².